The van der Waals surface area contributed by atoms with Crippen LogP contribution in [0.4, 0.5) is 0 Å². The molecular formula is C26H16Cl3N3O2S2. The maximum absolute atomic E-state index is 13.1. The number of nitrogens with one attached hydrogen (secondary N) is 1. The van der Waals surface area contributed by atoms with Gasteiger partial charge < -0.3 is 4.57 Å². The predicted molar refractivity (Wildman–Crippen MR) is 151 cm³/mol. The summed E-state index contributed by atoms with van der Waals surface area (Å²) in [4.78, 5) is 26.1. The first-order chi connectivity index (χ1) is 17.3. The van der Waals surface area contributed by atoms with Crippen LogP contribution in [0, 0.1) is 0 Å². The van der Waals surface area contributed by atoms with E-state index < -0.39 is 11.8 Å². The number of hydrazine groups is 1. The Bertz CT molecular complexity index is 1540. The SMILES string of the molecule is O=C(NN1C(=O)/C(=C/c2cn(Cc3c(Cl)cccc3Cl)c3ccccc23)SC1=S)c1ccc(Cl)cc1. The lowest BCUT2D eigenvalue weighted by Crippen LogP contribution is -2.44. The van der Waals surface area contributed by atoms with Gasteiger partial charge in [0.2, 0.25) is 0 Å². The summed E-state index contributed by atoms with van der Waals surface area (Å²) < 4.78 is 2.28. The predicted octanol–water partition coefficient (Wildman–Crippen LogP) is 7.20. The van der Waals surface area contributed by atoms with E-state index in [1.54, 1.807) is 48.5 Å². The van der Waals surface area contributed by atoms with Gasteiger partial charge in [-0.15, -0.1) is 0 Å². The quantitative estimate of drug-likeness (QED) is 0.203. The topological polar surface area (TPSA) is 54.3 Å². The van der Waals surface area contributed by atoms with Gasteiger partial charge in [0, 0.05) is 48.9 Å². The molecule has 0 atom stereocenters. The molecule has 1 N–H and O–H groups in total. The van der Waals surface area contributed by atoms with Crippen LogP contribution >= 0.6 is 58.8 Å². The number of rotatable bonds is 5. The number of carbonyl (C=O) groups is 2. The zero-order valence-electron chi connectivity index (χ0n) is 18.4. The van der Waals surface area contributed by atoms with E-state index in [0.717, 1.165) is 38.8 Å². The molecule has 4 aromatic rings. The highest BCUT2D eigenvalue weighted by Gasteiger charge is 2.34. The second kappa shape index (κ2) is 10.3. The molecule has 1 aliphatic heterocycles. The summed E-state index contributed by atoms with van der Waals surface area (Å²) in [5.74, 6) is -0.865. The summed E-state index contributed by atoms with van der Waals surface area (Å²) in [6, 6.07) is 19.6. The van der Waals surface area contributed by atoms with Crippen LogP contribution in [0.25, 0.3) is 17.0 Å². The third kappa shape index (κ3) is 4.90. The van der Waals surface area contributed by atoms with E-state index in [4.69, 9.17) is 47.0 Å². The average molecular weight is 573 g/mol. The molecule has 1 aromatic heterocycles. The van der Waals surface area contributed by atoms with Crippen LogP contribution in [-0.2, 0) is 11.3 Å². The highest BCUT2D eigenvalue weighted by Crippen LogP contribution is 2.34. The molecule has 0 spiro atoms. The molecule has 1 aliphatic rings. The molecule has 180 valence electrons. The van der Waals surface area contributed by atoms with Crippen molar-refractivity contribution >= 4 is 91.9 Å². The molecule has 5 nitrogen and oxygen atoms in total. The van der Waals surface area contributed by atoms with Gasteiger partial charge in [-0.25, -0.2) is 0 Å². The van der Waals surface area contributed by atoms with Gasteiger partial charge in [-0.1, -0.05) is 70.8 Å². The number of thiocarbonyl (C=S) groups is 1. The second-order valence-corrected chi connectivity index (χ2v) is 10.8. The number of hydrogen-bond acceptors (Lipinski definition) is 4. The third-order valence-corrected chi connectivity index (χ3v) is 7.87. The molecule has 10 heteroatoms. The van der Waals surface area contributed by atoms with Gasteiger partial charge in [0.15, 0.2) is 4.32 Å². The fourth-order valence-corrected chi connectivity index (χ4v) is 5.66. The van der Waals surface area contributed by atoms with Crippen molar-refractivity contribution in [3.8, 4) is 0 Å². The van der Waals surface area contributed by atoms with Crippen molar-refractivity contribution in [2.75, 3.05) is 0 Å². The average Bonchev–Trinajstić information content (AvgIpc) is 3.34. The van der Waals surface area contributed by atoms with E-state index in [0.29, 0.717) is 32.1 Å². The summed E-state index contributed by atoms with van der Waals surface area (Å²) in [6.07, 6.45) is 3.73. The number of amides is 2. The molecule has 0 unspecified atom stereocenters. The largest absolute Gasteiger partial charge is 0.342 e. The fraction of sp³-hybridized carbons (Fsp3) is 0.0385. The van der Waals surface area contributed by atoms with Crippen LogP contribution in [0.15, 0.2) is 77.8 Å². The van der Waals surface area contributed by atoms with E-state index >= 15 is 0 Å². The minimum atomic E-state index is -0.461. The zero-order chi connectivity index (χ0) is 25.4. The second-order valence-electron chi connectivity index (χ2n) is 7.89. The number of fused-ring (bicyclic) bond motifs is 1. The van der Waals surface area contributed by atoms with Gasteiger partial charge in [-0.2, -0.15) is 5.01 Å². The van der Waals surface area contributed by atoms with Crippen molar-refractivity contribution in [3.63, 3.8) is 0 Å². The van der Waals surface area contributed by atoms with Crippen LogP contribution in [0.1, 0.15) is 21.5 Å². The Morgan fingerprint density at radius 1 is 0.972 bits per heavy atom. The molecule has 36 heavy (non-hydrogen) atoms. The van der Waals surface area contributed by atoms with Crippen LogP contribution in [0.5, 0.6) is 0 Å². The normalized spacial score (nSPS) is 14.8. The molecule has 0 bridgehead atoms. The summed E-state index contributed by atoms with van der Waals surface area (Å²) in [7, 11) is 0. The van der Waals surface area contributed by atoms with Gasteiger partial charge >= 0.3 is 0 Å². The van der Waals surface area contributed by atoms with E-state index in [-0.39, 0.29) is 4.32 Å². The maximum Gasteiger partial charge on any atom is 0.285 e. The molecule has 0 radical (unpaired) electrons. The summed E-state index contributed by atoms with van der Waals surface area (Å²) in [5.41, 5.74) is 5.55. The maximum atomic E-state index is 13.1. The van der Waals surface area contributed by atoms with Gasteiger partial charge in [0.05, 0.1) is 11.4 Å². The minimum absolute atomic E-state index is 0.236. The smallest absolute Gasteiger partial charge is 0.285 e. The monoisotopic (exact) mass is 571 g/mol. The Kier molecular flexibility index (Phi) is 7.10. The fourth-order valence-electron chi connectivity index (χ4n) is 3.85. The van der Waals surface area contributed by atoms with Gasteiger partial charge in [-0.3, -0.25) is 15.0 Å². The Morgan fingerprint density at radius 3 is 2.39 bits per heavy atom. The number of hydrogen-bond donors (Lipinski definition) is 1. The Balaban J connectivity index is 1.44. The summed E-state index contributed by atoms with van der Waals surface area (Å²) in [5, 5.41) is 3.72. The standard InChI is InChI=1S/C26H16Cl3N3O2S2/c27-17-10-8-15(9-11-17)24(33)30-32-25(34)23(36-26(32)35)12-16-13-31(22-7-2-1-4-18(16)22)14-19-20(28)5-3-6-21(19)29/h1-13H,14H2,(H,30,33)/b23-12-. The third-order valence-electron chi connectivity index (χ3n) is 5.61. The number of benzene rings is 3. The first kappa shape index (κ1) is 24.9. The molecule has 2 heterocycles. The van der Waals surface area contributed by atoms with E-state index in [9.17, 15) is 9.59 Å². The first-order valence-corrected chi connectivity index (χ1v) is 13.0. The molecule has 5 rings (SSSR count). The van der Waals surface area contributed by atoms with Crippen LogP contribution in [0.2, 0.25) is 15.1 Å². The molecule has 0 aliphatic carbocycles. The van der Waals surface area contributed by atoms with E-state index in [1.165, 1.54) is 0 Å². The van der Waals surface area contributed by atoms with Gasteiger partial charge in [-0.05, 0) is 60.8 Å². The number of carbonyl (C=O) groups excluding carboxylic acids is 2. The summed E-state index contributed by atoms with van der Waals surface area (Å²) >= 11 is 25.2. The van der Waals surface area contributed by atoms with Crippen molar-refractivity contribution in [1.29, 1.82) is 0 Å². The Morgan fingerprint density at radius 2 is 1.67 bits per heavy atom. The lowest BCUT2D eigenvalue weighted by Gasteiger charge is -2.15. The zero-order valence-corrected chi connectivity index (χ0v) is 22.3. The van der Waals surface area contributed by atoms with Gasteiger partial charge in [0.1, 0.15) is 0 Å². The van der Waals surface area contributed by atoms with Crippen molar-refractivity contribution < 1.29 is 9.59 Å². The van der Waals surface area contributed by atoms with Crippen molar-refractivity contribution in [3.05, 3.63) is 110 Å². The number of halogens is 3. The van der Waals surface area contributed by atoms with Crippen LogP contribution in [0.3, 0.4) is 0 Å². The number of thioether (sulfide) groups is 1. The van der Waals surface area contributed by atoms with Crippen LogP contribution < -0.4 is 5.43 Å². The molecule has 0 saturated carbocycles. The Hall–Kier alpha value is -2.81. The first-order valence-electron chi connectivity index (χ1n) is 10.7. The van der Waals surface area contributed by atoms with Crippen LogP contribution in [-0.4, -0.2) is 25.7 Å². The highest BCUT2D eigenvalue weighted by molar-refractivity contribution is 8.26. The van der Waals surface area contributed by atoms with Crippen molar-refractivity contribution in [2.45, 2.75) is 6.54 Å². The molecule has 2 amide bonds. The number of nitrogens with zero attached hydrogens (tertiary/aromatic N) is 2. The molecule has 1 fully saturated rings. The lowest BCUT2D eigenvalue weighted by atomic mass is 10.1. The molecule has 1 saturated heterocycles. The molecule has 3 aromatic carbocycles. The minimum Gasteiger partial charge on any atom is -0.342 e. The van der Waals surface area contributed by atoms with Crippen molar-refractivity contribution in [2.24, 2.45) is 0 Å². The lowest BCUT2D eigenvalue weighted by molar-refractivity contribution is -0.123. The van der Waals surface area contributed by atoms with Gasteiger partial charge in [0.25, 0.3) is 11.8 Å². The van der Waals surface area contributed by atoms with E-state index in [2.05, 4.69) is 5.43 Å². The Labute approximate surface area is 231 Å². The number of para-hydroxylation sites is 1. The van der Waals surface area contributed by atoms with Crippen molar-refractivity contribution in [1.82, 2.24) is 15.0 Å². The highest BCUT2D eigenvalue weighted by atomic mass is 35.5. The number of aromatic nitrogens is 1. The van der Waals surface area contributed by atoms with E-state index in [1.807, 2.05) is 35.0 Å². The molecular weight excluding hydrogens is 557 g/mol. The summed E-state index contributed by atoms with van der Waals surface area (Å²) in [6.45, 7) is 0.463.